The topological polar surface area (TPSA) is 59.8 Å². The lowest BCUT2D eigenvalue weighted by Gasteiger charge is -2.24. The average Bonchev–Trinajstić information content (AvgIpc) is 2.75. The number of carbonyl (C=O) groups is 1. The second-order valence-corrected chi connectivity index (χ2v) is 5.48. The highest BCUT2D eigenvalue weighted by atomic mass is 16.1. The van der Waals surface area contributed by atoms with Gasteiger partial charge in [-0.15, -0.1) is 0 Å². The maximum Gasteiger partial charge on any atom is 0.223 e. The highest BCUT2D eigenvalue weighted by Gasteiger charge is 2.24. The van der Waals surface area contributed by atoms with Crippen molar-refractivity contribution in [3.63, 3.8) is 0 Å². The first-order valence-corrected chi connectivity index (χ1v) is 7.30. The first kappa shape index (κ1) is 13.1. The van der Waals surface area contributed by atoms with E-state index in [0.717, 1.165) is 49.2 Å². The highest BCUT2D eigenvalue weighted by Crippen LogP contribution is 2.26. The van der Waals surface area contributed by atoms with Crippen LogP contribution in [-0.2, 0) is 11.3 Å². The maximum atomic E-state index is 11.7. The van der Waals surface area contributed by atoms with E-state index in [1.165, 1.54) is 6.42 Å². The third kappa shape index (κ3) is 2.66. The molecule has 2 aromatic rings. The van der Waals surface area contributed by atoms with Gasteiger partial charge >= 0.3 is 0 Å². The van der Waals surface area contributed by atoms with Crippen LogP contribution in [0.3, 0.4) is 0 Å². The standard InChI is InChI=1S/C15H20N4O/c1-11-17-10-13-6-9-19(14(13)18-11)8-3-7-16-15(20)12-4-2-5-12/h6,9-10,12H,2-5,7-8H2,1H3,(H,16,20). The van der Waals surface area contributed by atoms with Crippen molar-refractivity contribution < 1.29 is 4.79 Å². The lowest BCUT2D eigenvalue weighted by molar-refractivity contribution is -0.127. The molecule has 5 nitrogen and oxygen atoms in total. The van der Waals surface area contributed by atoms with Crippen LogP contribution in [0.5, 0.6) is 0 Å². The van der Waals surface area contributed by atoms with Crippen LogP contribution in [0, 0.1) is 12.8 Å². The van der Waals surface area contributed by atoms with E-state index in [4.69, 9.17) is 0 Å². The van der Waals surface area contributed by atoms with E-state index in [0.29, 0.717) is 0 Å². The predicted molar refractivity (Wildman–Crippen MR) is 77.2 cm³/mol. The molecule has 1 amide bonds. The monoisotopic (exact) mass is 272 g/mol. The van der Waals surface area contributed by atoms with E-state index in [9.17, 15) is 4.79 Å². The Hall–Kier alpha value is -1.91. The molecule has 5 heteroatoms. The van der Waals surface area contributed by atoms with Gasteiger partial charge in [0.15, 0.2) is 0 Å². The van der Waals surface area contributed by atoms with E-state index >= 15 is 0 Å². The van der Waals surface area contributed by atoms with Gasteiger partial charge in [-0.1, -0.05) is 6.42 Å². The molecule has 0 aliphatic heterocycles. The minimum atomic E-state index is 0.229. The normalized spacial score (nSPS) is 15.2. The number of nitrogens with one attached hydrogen (secondary N) is 1. The molecule has 2 heterocycles. The van der Waals surface area contributed by atoms with Crippen molar-refractivity contribution in [2.45, 2.75) is 39.2 Å². The number of hydrogen-bond acceptors (Lipinski definition) is 3. The van der Waals surface area contributed by atoms with Crippen LogP contribution in [0.4, 0.5) is 0 Å². The van der Waals surface area contributed by atoms with Crippen LogP contribution in [0.25, 0.3) is 11.0 Å². The number of nitrogens with zero attached hydrogens (tertiary/aromatic N) is 3. The zero-order valence-corrected chi connectivity index (χ0v) is 11.8. The molecule has 20 heavy (non-hydrogen) atoms. The zero-order valence-electron chi connectivity index (χ0n) is 11.8. The SMILES string of the molecule is Cc1ncc2ccn(CCCNC(=O)C3CCC3)c2n1. The molecule has 2 aromatic heterocycles. The summed E-state index contributed by atoms with van der Waals surface area (Å²) in [7, 11) is 0. The van der Waals surface area contributed by atoms with Crippen molar-refractivity contribution in [1.82, 2.24) is 19.9 Å². The lowest BCUT2D eigenvalue weighted by atomic mass is 9.85. The fourth-order valence-electron chi connectivity index (χ4n) is 2.51. The summed E-state index contributed by atoms with van der Waals surface area (Å²) in [4.78, 5) is 20.4. The third-order valence-electron chi connectivity index (χ3n) is 3.97. The Morgan fingerprint density at radius 2 is 2.35 bits per heavy atom. The van der Waals surface area contributed by atoms with Gasteiger partial charge in [-0.3, -0.25) is 4.79 Å². The van der Waals surface area contributed by atoms with E-state index in [-0.39, 0.29) is 11.8 Å². The van der Waals surface area contributed by atoms with Crippen LogP contribution in [0.15, 0.2) is 18.5 Å². The van der Waals surface area contributed by atoms with E-state index < -0.39 is 0 Å². The predicted octanol–water partition coefficient (Wildman–Crippen LogP) is 2.05. The zero-order chi connectivity index (χ0) is 13.9. The van der Waals surface area contributed by atoms with Crippen molar-refractivity contribution in [3.05, 3.63) is 24.3 Å². The number of hydrogen-bond donors (Lipinski definition) is 1. The van der Waals surface area contributed by atoms with Crippen LogP contribution in [0.1, 0.15) is 31.5 Å². The number of aryl methyl sites for hydroxylation is 2. The lowest BCUT2D eigenvalue weighted by Crippen LogP contribution is -2.35. The molecule has 1 N–H and O–H groups in total. The molecule has 1 saturated carbocycles. The second-order valence-electron chi connectivity index (χ2n) is 5.48. The molecule has 1 aliphatic carbocycles. The van der Waals surface area contributed by atoms with Gasteiger partial charge in [0.1, 0.15) is 11.5 Å². The molecule has 0 aromatic carbocycles. The highest BCUT2D eigenvalue weighted by molar-refractivity contribution is 5.79. The van der Waals surface area contributed by atoms with Gasteiger partial charge < -0.3 is 9.88 Å². The second kappa shape index (κ2) is 5.61. The van der Waals surface area contributed by atoms with Crippen molar-refractivity contribution >= 4 is 16.9 Å². The minimum Gasteiger partial charge on any atom is -0.356 e. The van der Waals surface area contributed by atoms with Crippen molar-refractivity contribution in [2.75, 3.05) is 6.54 Å². The maximum absolute atomic E-state index is 11.7. The van der Waals surface area contributed by atoms with Crippen LogP contribution < -0.4 is 5.32 Å². The molecule has 1 aliphatic rings. The molecule has 0 atom stereocenters. The van der Waals surface area contributed by atoms with Gasteiger partial charge in [0.05, 0.1) is 0 Å². The van der Waals surface area contributed by atoms with E-state index in [1.807, 2.05) is 25.4 Å². The van der Waals surface area contributed by atoms with Crippen molar-refractivity contribution in [3.8, 4) is 0 Å². The van der Waals surface area contributed by atoms with Crippen LogP contribution >= 0.6 is 0 Å². The Kier molecular flexibility index (Phi) is 3.67. The van der Waals surface area contributed by atoms with E-state index in [2.05, 4.69) is 19.9 Å². The molecule has 0 saturated heterocycles. The molecule has 0 radical (unpaired) electrons. The molecule has 1 fully saturated rings. The fourth-order valence-corrected chi connectivity index (χ4v) is 2.51. The molecule has 0 bridgehead atoms. The number of aromatic nitrogens is 3. The summed E-state index contributed by atoms with van der Waals surface area (Å²) in [5.74, 6) is 1.29. The molecular formula is C15H20N4O. The number of fused-ring (bicyclic) bond motifs is 1. The fraction of sp³-hybridized carbons (Fsp3) is 0.533. The molecule has 0 spiro atoms. The Labute approximate surface area is 118 Å². The molecule has 3 rings (SSSR count). The quantitative estimate of drug-likeness (QED) is 0.847. The van der Waals surface area contributed by atoms with Gasteiger partial charge in [-0.2, -0.15) is 0 Å². The van der Waals surface area contributed by atoms with Crippen LogP contribution in [0.2, 0.25) is 0 Å². The smallest absolute Gasteiger partial charge is 0.223 e. The largest absolute Gasteiger partial charge is 0.356 e. The first-order chi connectivity index (χ1) is 9.74. The van der Waals surface area contributed by atoms with Gasteiger partial charge in [-0.25, -0.2) is 9.97 Å². The average molecular weight is 272 g/mol. The van der Waals surface area contributed by atoms with Crippen molar-refractivity contribution in [2.24, 2.45) is 5.92 Å². The Bertz CT molecular complexity index is 615. The number of rotatable bonds is 5. The summed E-state index contributed by atoms with van der Waals surface area (Å²) in [6.45, 7) is 3.50. The van der Waals surface area contributed by atoms with Gasteiger partial charge in [0.25, 0.3) is 0 Å². The van der Waals surface area contributed by atoms with Crippen molar-refractivity contribution in [1.29, 1.82) is 0 Å². The minimum absolute atomic E-state index is 0.229. The number of amides is 1. The van der Waals surface area contributed by atoms with Gasteiger partial charge in [-0.05, 0) is 32.3 Å². The molecular weight excluding hydrogens is 252 g/mol. The Morgan fingerprint density at radius 1 is 1.50 bits per heavy atom. The summed E-state index contributed by atoms with van der Waals surface area (Å²) in [5, 5.41) is 4.09. The summed E-state index contributed by atoms with van der Waals surface area (Å²) in [6.07, 6.45) is 8.13. The summed E-state index contributed by atoms with van der Waals surface area (Å²) in [5.41, 5.74) is 0.975. The number of carbonyl (C=O) groups excluding carboxylic acids is 1. The van der Waals surface area contributed by atoms with Gasteiger partial charge in [0, 0.05) is 36.8 Å². The van der Waals surface area contributed by atoms with Crippen LogP contribution in [-0.4, -0.2) is 27.0 Å². The third-order valence-corrected chi connectivity index (χ3v) is 3.97. The summed E-state index contributed by atoms with van der Waals surface area (Å²) in [6, 6.07) is 2.03. The van der Waals surface area contributed by atoms with E-state index in [1.54, 1.807) is 0 Å². The Balaban J connectivity index is 1.52. The molecule has 0 unspecified atom stereocenters. The summed E-state index contributed by atoms with van der Waals surface area (Å²) < 4.78 is 2.12. The Morgan fingerprint density at radius 3 is 3.10 bits per heavy atom. The van der Waals surface area contributed by atoms with Gasteiger partial charge in [0.2, 0.25) is 5.91 Å². The molecule has 106 valence electrons. The first-order valence-electron chi connectivity index (χ1n) is 7.30. The summed E-state index contributed by atoms with van der Waals surface area (Å²) >= 11 is 0.